The number of halogens is 2. The molecule has 1 fully saturated rings. The first-order chi connectivity index (χ1) is 8.75. The molecule has 0 spiro atoms. The van der Waals surface area contributed by atoms with Gasteiger partial charge in [0.1, 0.15) is 5.54 Å². The minimum atomic E-state index is -0.799. The molecule has 2 heterocycles. The van der Waals surface area contributed by atoms with E-state index in [1.807, 2.05) is 0 Å². The van der Waals surface area contributed by atoms with Crippen molar-refractivity contribution in [1.29, 1.82) is 0 Å². The fraction of sp³-hybridized carbons (Fsp3) is 0.500. The quantitative estimate of drug-likeness (QED) is 0.715. The third-order valence-electron chi connectivity index (χ3n) is 3.30. The molecule has 0 unspecified atom stereocenters. The van der Waals surface area contributed by atoms with Crippen molar-refractivity contribution in [3.8, 4) is 0 Å². The number of piperazine rings is 1. The van der Waals surface area contributed by atoms with Gasteiger partial charge in [0.05, 0.1) is 8.66 Å². The zero-order chi connectivity index (χ0) is 14.4. The van der Waals surface area contributed by atoms with E-state index in [0.717, 1.165) is 8.26 Å². The number of amides is 2. The van der Waals surface area contributed by atoms with Crippen molar-refractivity contribution in [2.75, 3.05) is 20.1 Å². The topological polar surface area (TPSA) is 40.6 Å². The van der Waals surface area contributed by atoms with Gasteiger partial charge >= 0.3 is 0 Å². The first kappa shape index (κ1) is 15.0. The molecular weight excluding hydrogens is 396 g/mol. The van der Waals surface area contributed by atoms with Crippen molar-refractivity contribution in [2.45, 2.75) is 19.4 Å². The minimum Gasteiger partial charge on any atom is -0.342 e. The highest BCUT2D eigenvalue weighted by molar-refractivity contribution is 9.13. The number of hydrogen-bond acceptors (Lipinski definition) is 3. The molecule has 2 rings (SSSR count). The first-order valence-corrected chi connectivity index (χ1v) is 8.17. The van der Waals surface area contributed by atoms with Gasteiger partial charge in [-0.25, -0.2) is 0 Å². The predicted molar refractivity (Wildman–Crippen MR) is 82.5 cm³/mol. The average Bonchev–Trinajstić information content (AvgIpc) is 2.66. The van der Waals surface area contributed by atoms with Crippen LogP contribution < -0.4 is 0 Å². The summed E-state index contributed by atoms with van der Waals surface area (Å²) in [5, 5.41) is 0. The van der Waals surface area contributed by atoms with Crippen LogP contribution >= 0.6 is 43.2 Å². The zero-order valence-corrected chi connectivity index (χ0v) is 14.9. The Kier molecular flexibility index (Phi) is 4.09. The summed E-state index contributed by atoms with van der Waals surface area (Å²) in [6.45, 7) is 4.71. The molecule has 0 bridgehead atoms. The number of carbonyl (C=O) groups excluding carboxylic acids is 2. The second-order valence-corrected chi connectivity index (χ2v) is 8.20. The van der Waals surface area contributed by atoms with Gasteiger partial charge in [-0.15, -0.1) is 11.3 Å². The summed E-state index contributed by atoms with van der Waals surface area (Å²) in [6.07, 6.45) is 0. The van der Waals surface area contributed by atoms with E-state index in [1.54, 1.807) is 36.8 Å². The van der Waals surface area contributed by atoms with Crippen molar-refractivity contribution in [3.63, 3.8) is 0 Å². The standard InChI is InChI=1S/C12H14Br2N2O2S/c1-12(2)11(18)15(3)4-5-16(12)10(17)8-6-7(13)9(14)19-8/h6H,4-5H2,1-3H3. The van der Waals surface area contributed by atoms with Crippen LogP contribution in [0.25, 0.3) is 0 Å². The molecule has 1 aliphatic rings. The Balaban J connectivity index is 2.31. The van der Waals surface area contributed by atoms with Crippen LogP contribution in [0.4, 0.5) is 0 Å². The molecule has 19 heavy (non-hydrogen) atoms. The van der Waals surface area contributed by atoms with E-state index < -0.39 is 5.54 Å². The Morgan fingerprint density at radius 2 is 2.00 bits per heavy atom. The molecule has 0 saturated carbocycles. The summed E-state index contributed by atoms with van der Waals surface area (Å²) in [5.74, 6) is -0.121. The van der Waals surface area contributed by atoms with E-state index in [-0.39, 0.29) is 11.8 Å². The third-order valence-corrected chi connectivity index (χ3v) is 6.55. The lowest BCUT2D eigenvalue weighted by Crippen LogP contribution is -2.63. The molecular formula is C12H14Br2N2O2S. The lowest BCUT2D eigenvalue weighted by Gasteiger charge is -2.44. The van der Waals surface area contributed by atoms with Crippen LogP contribution in [0.5, 0.6) is 0 Å². The zero-order valence-electron chi connectivity index (χ0n) is 10.9. The second-order valence-electron chi connectivity index (χ2n) is 4.97. The van der Waals surface area contributed by atoms with Crippen LogP contribution in [0.15, 0.2) is 14.3 Å². The lowest BCUT2D eigenvalue weighted by molar-refractivity contribution is -0.144. The molecule has 0 aliphatic carbocycles. The minimum absolute atomic E-state index is 0.0261. The highest BCUT2D eigenvalue weighted by Gasteiger charge is 2.43. The monoisotopic (exact) mass is 408 g/mol. The van der Waals surface area contributed by atoms with Gasteiger partial charge in [0.25, 0.3) is 5.91 Å². The number of hydrogen-bond donors (Lipinski definition) is 0. The van der Waals surface area contributed by atoms with Crippen molar-refractivity contribution < 1.29 is 9.59 Å². The third kappa shape index (κ3) is 2.60. The lowest BCUT2D eigenvalue weighted by atomic mass is 9.97. The molecule has 2 amide bonds. The number of thiophene rings is 1. The molecule has 0 radical (unpaired) electrons. The van der Waals surface area contributed by atoms with Gasteiger partial charge < -0.3 is 9.80 Å². The Morgan fingerprint density at radius 3 is 2.53 bits per heavy atom. The van der Waals surface area contributed by atoms with Crippen LogP contribution in [0, 0.1) is 0 Å². The maximum Gasteiger partial charge on any atom is 0.264 e. The van der Waals surface area contributed by atoms with Gasteiger partial charge in [0.2, 0.25) is 5.91 Å². The molecule has 104 valence electrons. The van der Waals surface area contributed by atoms with E-state index in [0.29, 0.717) is 18.0 Å². The Morgan fingerprint density at radius 1 is 1.37 bits per heavy atom. The van der Waals surface area contributed by atoms with Crippen LogP contribution in [0.2, 0.25) is 0 Å². The summed E-state index contributed by atoms with van der Waals surface area (Å²) in [4.78, 5) is 28.7. The van der Waals surface area contributed by atoms with Crippen LogP contribution in [-0.2, 0) is 4.79 Å². The maximum atomic E-state index is 12.6. The summed E-state index contributed by atoms with van der Waals surface area (Å²) in [6, 6.07) is 1.79. The SMILES string of the molecule is CN1CCN(C(=O)c2cc(Br)c(Br)s2)C(C)(C)C1=O. The molecule has 0 N–H and O–H groups in total. The number of nitrogens with zero attached hydrogens (tertiary/aromatic N) is 2. The molecule has 0 atom stereocenters. The predicted octanol–water partition coefficient (Wildman–Crippen LogP) is 2.97. The van der Waals surface area contributed by atoms with E-state index in [4.69, 9.17) is 0 Å². The number of rotatable bonds is 1. The summed E-state index contributed by atoms with van der Waals surface area (Å²) < 4.78 is 1.74. The van der Waals surface area contributed by atoms with Crippen molar-refractivity contribution in [2.24, 2.45) is 0 Å². The van der Waals surface area contributed by atoms with E-state index >= 15 is 0 Å². The van der Waals surface area contributed by atoms with Crippen molar-refractivity contribution in [3.05, 3.63) is 19.2 Å². The Bertz CT molecular complexity index is 522. The van der Waals surface area contributed by atoms with Gasteiger partial charge in [-0.3, -0.25) is 9.59 Å². The van der Waals surface area contributed by atoms with Gasteiger partial charge in [-0.2, -0.15) is 0 Å². The maximum absolute atomic E-state index is 12.6. The normalized spacial score (nSPS) is 18.9. The van der Waals surface area contributed by atoms with Gasteiger partial charge in [-0.1, -0.05) is 0 Å². The largest absolute Gasteiger partial charge is 0.342 e. The number of carbonyl (C=O) groups is 2. The van der Waals surface area contributed by atoms with Crippen LogP contribution in [0.1, 0.15) is 23.5 Å². The molecule has 7 heteroatoms. The van der Waals surface area contributed by atoms with Gasteiger partial charge in [0.15, 0.2) is 0 Å². The molecule has 1 aliphatic heterocycles. The molecule has 1 saturated heterocycles. The highest BCUT2D eigenvalue weighted by atomic mass is 79.9. The van der Waals surface area contributed by atoms with Gasteiger partial charge in [0, 0.05) is 24.6 Å². The summed E-state index contributed by atoms with van der Waals surface area (Å²) >= 11 is 8.13. The number of likely N-dealkylation sites (N-methyl/N-ethyl adjacent to an activating group) is 1. The average molecular weight is 410 g/mol. The molecule has 1 aromatic heterocycles. The van der Waals surface area contributed by atoms with Crippen molar-refractivity contribution >= 4 is 55.0 Å². The van der Waals surface area contributed by atoms with E-state index in [2.05, 4.69) is 31.9 Å². The highest BCUT2D eigenvalue weighted by Crippen LogP contribution is 2.34. The fourth-order valence-corrected chi connectivity index (χ4v) is 4.14. The Labute approximate surface area is 133 Å². The smallest absolute Gasteiger partial charge is 0.264 e. The molecule has 4 nitrogen and oxygen atoms in total. The second kappa shape index (κ2) is 5.18. The first-order valence-electron chi connectivity index (χ1n) is 5.77. The summed E-state index contributed by atoms with van der Waals surface area (Å²) in [5.41, 5.74) is -0.799. The Hall–Kier alpha value is -0.400. The molecule has 1 aromatic rings. The van der Waals surface area contributed by atoms with E-state index in [9.17, 15) is 9.59 Å². The van der Waals surface area contributed by atoms with Crippen LogP contribution in [0.3, 0.4) is 0 Å². The molecule has 0 aromatic carbocycles. The van der Waals surface area contributed by atoms with Gasteiger partial charge in [-0.05, 0) is 51.8 Å². The summed E-state index contributed by atoms with van der Waals surface area (Å²) in [7, 11) is 1.77. The fourth-order valence-electron chi connectivity index (χ4n) is 2.15. The van der Waals surface area contributed by atoms with Crippen LogP contribution in [-0.4, -0.2) is 47.3 Å². The van der Waals surface area contributed by atoms with E-state index in [1.165, 1.54) is 11.3 Å². The van der Waals surface area contributed by atoms with Crippen molar-refractivity contribution in [1.82, 2.24) is 9.80 Å².